The molecule has 0 saturated carbocycles. The van der Waals surface area contributed by atoms with Gasteiger partial charge in [0.25, 0.3) is 0 Å². The van der Waals surface area contributed by atoms with E-state index in [2.05, 4.69) is 15.5 Å². The van der Waals surface area contributed by atoms with Gasteiger partial charge < -0.3 is 15.0 Å². The van der Waals surface area contributed by atoms with Crippen LogP contribution in [0, 0.1) is 5.92 Å². The Bertz CT molecular complexity index is 1230. The van der Waals surface area contributed by atoms with E-state index in [4.69, 9.17) is 4.74 Å². The van der Waals surface area contributed by atoms with Crippen LogP contribution in [-0.4, -0.2) is 44.1 Å². The van der Waals surface area contributed by atoms with Crippen molar-refractivity contribution in [3.63, 3.8) is 0 Å². The number of aromatic nitrogens is 2. The third kappa shape index (κ3) is 4.78. The Morgan fingerprint density at radius 1 is 1.16 bits per heavy atom. The van der Waals surface area contributed by atoms with Crippen LogP contribution in [0.15, 0.2) is 59.5 Å². The average Bonchev–Trinajstić information content (AvgIpc) is 3.40. The van der Waals surface area contributed by atoms with Crippen molar-refractivity contribution >= 4 is 43.8 Å². The van der Waals surface area contributed by atoms with E-state index in [0.29, 0.717) is 11.4 Å². The van der Waals surface area contributed by atoms with Gasteiger partial charge in [-0.25, -0.2) is 8.42 Å². The molecule has 1 saturated heterocycles. The lowest BCUT2D eigenvalue weighted by molar-refractivity contribution is -0.122. The summed E-state index contributed by atoms with van der Waals surface area (Å²) in [5.41, 5.74) is 0.690. The van der Waals surface area contributed by atoms with Crippen LogP contribution in [0.1, 0.15) is 11.4 Å². The highest BCUT2D eigenvalue weighted by atomic mass is 32.2. The van der Waals surface area contributed by atoms with Crippen molar-refractivity contribution in [2.24, 2.45) is 5.92 Å². The zero-order chi connectivity index (χ0) is 22.7. The number of carbonyl (C=O) groups excluding carboxylic acids is 2. The molecule has 1 unspecified atom stereocenters. The van der Waals surface area contributed by atoms with Crippen molar-refractivity contribution in [2.45, 2.75) is 17.1 Å². The molecule has 32 heavy (non-hydrogen) atoms. The van der Waals surface area contributed by atoms with Crippen LogP contribution in [0.2, 0.25) is 0 Å². The van der Waals surface area contributed by atoms with Gasteiger partial charge in [0.2, 0.25) is 16.9 Å². The summed E-state index contributed by atoms with van der Waals surface area (Å²) in [6, 6.07) is 15.1. The van der Waals surface area contributed by atoms with Gasteiger partial charge in [0.15, 0.2) is 9.84 Å². The van der Waals surface area contributed by atoms with Crippen LogP contribution in [0.25, 0.3) is 0 Å². The van der Waals surface area contributed by atoms with Crippen molar-refractivity contribution in [1.82, 2.24) is 10.2 Å². The molecule has 11 heteroatoms. The molecule has 2 aromatic carbocycles. The van der Waals surface area contributed by atoms with E-state index >= 15 is 0 Å². The number of hydrogen-bond donors (Lipinski definition) is 1. The summed E-state index contributed by atoms with van der Waals surface area (Å²) >= 11 is 0.998. The number of benzene rings is 2. The summed E-state index contributed by atoms with van der Waals surface area (Å²) in [7, 11) is -2.00. The normalized spacial score (nSPS) is 16.2. The molecule has 0 aliphatic carbocycles. The van der Waals surface area contributed by atoms with Crippen molar-refractivity contribution in [1.29, 1.82) is 0 Å². The van der Waals surface area contributed by atoms with E-state index in [9.17, 15) is 18.0 Å². The molecule has 1 N–H and O–H groups in total. The Balaban J connectivity index is 1.38. The Hall–Kier alpha value is -3.31. The molecule has 1 aliphatic heterocycles. The summed E-state index contributed by atoms with van der Waals surface area (Å²) in [5, 5.41) is 10.9. The number of sulfone groups is 1. The van der Waals surface area contributed by atoms with Crippen LogP contribution >= 0.6 is 11.3 Å². The summed E-state index contributed by atoms with van der Waals surface area (Å²) in [6.07, 6.45) is 0.0753. The second kappa shape index (κ2) is 9.05. The minimum absolute atomic E-state index is 0.0753. The number of carbonyl (C=O) groups is 2. The number of nitrogens with zero attached hydrogens (tertiary/aromatic N) is 3. The fraction of sp³-hybridized carbons (Fsp3) is 0.238. The maximum atomic E-state index is 12.7. The lowest BCUT2D eigenvalue weighted by Gasteiger charge is -2.16. The second-order valence-corrected chi connectivity index (χ2v) is 10.2. The van der Waals surface area contributed by atoms with Crippen molar-refractivity contribution < 1.29 is 22.7 Å². The van der Waals surface area contributed by atoms with Gasteiger partial charge in [0.1, 0.15) is 16.5 Å². The average molecular weight is 473 g/mol. The van der Waals surface area contributed by atoms with Crippen LogP contribution in [0.3, 0.4) is 0 Å². The first-order valence-corrected chi connectivity index (χ1v) is 12.2. The smallest absolute Gasteiger partial charge is 0.231 e. The maximum absolute atomic E-state index is 12.7. The molecule has 2 heterocycles. The fourth-order valence-electron chi connectivity index (χ4n) is 3.34. The topological polar surface area (TPSA) is 119 Å². The quantitative estimate of drug-likeness (QED) is 0.561. The number of amides is 2. The van der Waals surface area contributed by atoms with E-state index in [1.54, 1.807) is 54.5 Å². The SMILES string of the molecule is COc1ccc(N2CC(C(=O)Nc3nnc(CS(=O)(=O)c4ccccc4)s3)CC2=O)cc1. The Labute approximate surface area is 189 Å². The summed E-state index contributed by atoms with van der Waals surface area (Å²) in [5.74, 6) is -0.691. The summed E-state index contributed by atoms with van der Waals surface area (Å²) < 4.78 is 30.1. The highest BCUT2D eigenvalue weighted by Gasteiger charge is 2.35. The third-order valence-corrected chi connectivity index (χ3v) is 7.66. The maximum Gasteiger partial charge on any atom is 0.231 e. The molecule has 1 fully saturated rings. The van der Waals surface area contributed by atoms with Crippen LogP contribution in [0.5, 0.6) is 5.75 Å². The molecule has 1 aliphatic rings. The molecular weight excluding hydrogens is 452 g/mol. The van der Waals surface area contributed by atoms with Gasteiger partial charge in [-0.1, -0.05) is 29.5 Å². The predicted molar refractivity (Wildman–Crippen MR) is 119 cm³/mol. The van der Waals surface area contributed by atoms with Gasteiger partial charge in [0.05, 0.1) is 17.9 Å². The van der Waals surface area contributed by atoms with Gasteiger partial charge >= 0.3 is 0 Å². The highest BCUT2D eigenvalue weighted by molar-refractivity contribution is 7.90. The van der Waals surface area contributed by atoms with E-state index in [1.807, 2.05) is 0 Å². The molecule has 166 valence electrons. The molecule has 2 amide bonds. The van der Waals surface area contributed by atoms with Crippen molar-refractivity contribution in [3.05, 3.63) is 59.6 Å². The lowest BCUT2D eigenvalue weighted by Crippen LogP contribution is -2.28. The Morgan fingerprint density at radius 2 is 1.88 bits per heavy atom. The number of methoxy groups -OCH3 is 1. The van der Waals surface area contributed by atoms with Crippen molar-refractivity contribution in [2.75, 3.05) is 23.9 Å². The minimum Gasteiger partial charge on any atom is -0.497 e. The summed E-state index contributed by atoms with van der Waals surface area (Å²) in [4.78, 5) is 26.8. The molecule has 3 aromatic rings. The van der Waals surface area contributed by atoms with E-state index in [1.165, 1.54) is 12.1 Å². The van der Waals surface area contributed by atoms with Gasteiger partial charge in [-0.3, -0.25) is 9.59 Å². The van der Waals surface area contributed by atoms with E-state index in [-0.39, 0.29) is 45.6 Å². The Morgan fingerprint density at radius 3 is 2.56 bits per heavy atom. The van der Waals surface area contributed by atoms with E-state index in [0.717, 1.165) is 11.3 Å². The molecule has 9 nitrogen and oxygen atoms in total. The van der Waals surface area contributed by atoms with Crippen LogP contribution < -0.4 is 15.0 Å². The fourth-order valence-corrected chi connectivity index (χ4v) is 5.70. The first-order valence-electron chi connectivity index (χ1n) is 9.71. The van der Waals surface area contributed by atoms with Crippen molar-refractivity contribution in [3.8, 4) is 5.75 Å². The van der Waals surface area contributed by atoms with E-state index < -0.39 is 15.8 Å². The first kappa shape index (κ1) is 21.9. The number of anilines is 2. The monoisotopic (exact) mass is 472 g/mol. The van der Waals surface area contributed by atoms with Gasteiger partial charge in [-0.2, -0.15) is 0 Å². The molecule has 0 bridgehead atoms. The third-order valence-electron chi connectivity index (χ3n) is 4.99. The molecule has 1 atom stereocenters. The summed E-state index contributed by atoms with van der Waals surface area (Å²) in [6.45, 7) is 0.241. The minimum atomic E-state index is -3.56. The molecule has 0 spiro atoms. The zero-order valence-corrected chi connectivity index (χ0v) is 18.7. The highest BCUT2D eigenvalue weighted by Crippen LogP contribution is 2.28. The van der Waals surface area contributed by atoms with Crippen LogP contribution in [0.4, 0.5) is 10.8 Å². The second-order valence-electron chi connectivity index (χ2n) is 7.17. The molecular formula is C21H20N4O5S2. The molecule has 4 rings (SSSR count). The standard InChI is InChI=1S/C21H20N4O5S2/c1-30-16-9-7-15(8-10-16)25-12-14(11-19(25)26)20(27)22-21-24-23-18(31-21)13-32(28,29)17-5-3-2-4-6-17/h2-10,14H,11-13H2,1H3,(H,22,24,27). The lowest BCUT2D eigenvalue weighted by atomic mass is 10.1. The molecule has 0 radical (unpaired) electrons. The number of rotatable bonds is 7. The van der Waals surface area contributed by atoms with Crippen LogP contribution in [-0.2, 0) is 25.2 Å². The number of nitrogens with one attached hydrogen (secondary N) is 1. The number of ether oxygens (including phenoxy) is 1. The zero-order valence-electron chi connectivity index (χ0n) is 17.1. The largest absolute Gasteiger partial charge is 0.497 e. The first-order chi connectivity index (χ1) is 15.4. The molecule has 1 aromatic heterocycles. The van der Waals surface area contributed by atoms with Gasteiger partial charge in [-0.05, 0) is 36.4 Å². The number of hydrogen-bond acceptors (Lipinski definition) is 8. The predicted octanol–water partition coefficient (Wildman–Crippen LogP) is 2.51. The van der Waals surface area contributed by atoms with Gasteiger partial charge in [-0.15, -0.1) is 10.2 Å². The Kier molecular flexibility index (Phi) is 6.19. The van der Waals surface area contributed by atoms with Gasteiger partial charge in [0, 0.05) is 18.7 Å².